The number of nitrogens with one attached hydrogen (secondary N) is 2. The Balaban J connectivity index is 2.07. The second-order valence-corrected chi connectivity index (χ2v) is 5.66. The summed E-state index contributed by atoms with van der Waals surface area (Å²) >= 11 is 0. The van der Waals surface area contributed by atoms with Gasteiger partial charge in [-0.1, -0.05) is 13.3 Å². The van der Waals surface area contributed by atoms with Crippen LogP contribution in [0.3, 0.4) is 0 Å². The Morgan fingerprint density at radius 2 is 2.28 bits per heavy atom. The summed E-state index contributed by atoms with van der Waals surface area (Å²) in [6.45, 7) is 7.98. The number of amides is 1. The van der Waals surface area contributed by atoms with E-state index in [2.05, 4.69) is 36.4 Å². The molecule has 2 unspecified atom stereocenters. The van der Waals surface area contributed by atoms with Gasteiger partial charge in [-0.05, 0) is 52.2 Å². The molecule has 1 fully saturated rings. The molecule has 106 valence electrons. The van der Waals surface area contributed by atoms with Crippen molar-refractivity contribution in [3.63, 3.8) is 0 Å². The average Bonchev–Trinajstić information content (AvgIpc) is 2.29. The Morgan fingerprint density at radius 3 is 2.94 bits per heavy atom. The van der Waals surface area contributed by atoms with Crippen molar-refractivity contribution in [2.24, 2.45) is 5.92 Å². The van der Waals surface area contributed by atoms with Crippen LogP contribution in [0.15, 0.2) is 0 Å². The van der Waals surface area contributed by atoms with Crippen LogP contribution in [0.1, 0.15) is 39.5 Å². The molecule has 0 aromatic rings. The van der Waals surface area contributed by atoms with Crippen LogP contribution in [-0.2, 0) is 4.79 Å². The van der Waals surface area contributed by atoms with Crippen LogP contribution in [0, 0.1) is 5.92 Å². The van der Waals surface area contributed by atoms with E-state index < -0.39 is 0 Å². The van der Waals surface area contributed by atoms with Crippen LogP contribution in [0.25, 0.3) is 0 Å². The SMILES string of the molecule is CCCC(C)NC(=O)CNCC1CCCN(C)C1. The highest BCUT2D eigenvalue weighted by Gasteiger charge is 2.16. The van der Waals surface area contributed by atoms with Gasteiger partial charge in [0.05, 0.1) is 6.54 Å². The van der Waals surface area contributed by atoms with Crippen LogP contribution in [0.5, 0.6) is 0 Å². The van der Waals surface area contributed by atoms with Crippen molar-refractivity contribution in [3.8, 4) is 0 Å². The van der Waals surface area contributed by atoms with E-state index in [4.69, 9.17) is 0 Å². The number of nitrogens with zero attached hydrogens (tertiary/aromatic N) is 1. The highest BCUT2D eigenvalue weighted by molar-refractivity contribution is 5.78. The molecule has 2 N–H and O–H groups in total. The zero-order valence-electron chi connectivity index (χ0n) is 12.2. The summed E-state index contributed by atoms with van der Waals surface area (Å²) in [5, 5.41) is 6.30. The summed E-state index contributed by atoms with van der Waals surface area (Å²) in [5.41, 5.74) is 0. The third kappa shape index (κ3) is 6.36. The normalized spacial score (nSPS) is 22.7. The highest BCUT2D eigenvalue weighted by atomic mass is 16.1. The summed E-state index contributed by atoms with van der Waals surface area (Å²) in [6, 6.07) is 0.296. The Morgan fingerprint density at radius 1 is 1.50 bits per heavy atom. The van der Waals surface area contributed by atoms with E-state index in [0.29, 0.717) is 18.5 Å². The Labute approximate surface area is 111 Å². The number of carbonyl (C=O) groups excluding carboxylic acids is 1. The lowest BCUT2D eigenvalue weighted by Crippen LogP contribution is -2.42. The van der Waals surface area contributed by atoms with Gasteiger partial charge in [-0.3, -0.25) is 4.79 Å². The van der Waals surface area contributed by atoms with E-state index in [1.807, 2.05) is 0 Å². The fourth-order valence-corrected chi connectivity index (χ4v) is 2.66. The molecule has 1 saturated heterocycles. The maximum Gasteiger partial charge on any atom is 0.234 e. The van der Waals surface area contributed by atoms with E-state index in [1.54, 1.807) is 0 Å². The van der Waals surface area contributed by atoms with Crippen molar-refractivity contribution in [2.45, 2.75) is 45.6 Å². The van der Waals surface area contributed by atoms with Crippen LogP contribution in [0.2, 0.25) is 0 Å². The molecule has 0 bridgehead atoms. The van der Waals surface area contributed by atoms with Gasteiger partial charge in [-0.15, -0.1) is 0 Å². The molecule has 2 atom stereocenters. The van der Waals surface area contributed by atoms with Gasteiger partial charge in [0, 0.05) is 12.6 Å². The van der Waals surface area contributed by atoms with E-state index >= 15 is 0 Å². The van der Waals surface area contributed by atoms with Gasteiger partial charge in [0.25, 0.3) is 0 Å². The molecule has 0 saturated carbocycles. The largest absolute Gasteiger partial charge is 0.353 e. The number of hydrogen-bond donors (Lipinski definition) is 2. The number of carbonyl (C=O) groups is 1. The average molecular weight is 255 g/mol. The first-order valence-electron chi connectivity index (χ1n) is 7.30. The monoisotopic (exact) mass is 255 g/mol. The predicted molar refractivity (Wildman–Crippen MR) is 75.6 cm³/mol. The van der Waals surface area contributed by atoms with Crippen LogP contribution >= 0.6 is 0 Å². The molecule has 0 radical (unpaired) electrons. The summed E-state index contributed by atoms with van der Waals surface area (Å²) in [5.74, 6) is 0.824. The zero-order chi connectivity index (χ0) is 13.4. The summed E-state index contributed by atoms with van der Waals surface area (Å²) < 4.78 is 0. The minimum absolute atomic E-state index is 0.125. The van der Waals surface area contributed by atoms with Gasteiger partial charge < -0.3 is 15.5 Å². The van der Waals surface area contributed by atoms with Crippen LogP contribution in [-0.4, -0.2) is 50.1 Å². The molecule has 0 aliphatic carbocycles. The van der Waals surface area contributed by atoms with Gasteiger partial charge in [-0.2, -0.15) is 0 Å². The number of piperidine rings is 1. The third-order valence-electron chi connectivity index (χ3n) is 3.57. The first-order valence-corrected chi connectivity index (χ1v) is 7.30. The molecule has 4 heteroatoms. The summed E-state index contributed by atoms with van der Waals surface area (Å²) in [4.78, 5) is 14.0. The first kappa shape index (κ1) is 15.4. The minimum atomic E-state index is 0.125. The number of rotatable bonds is 7. The Kier molecular flexibility index (Phi) is 7.28. The first-order chi connectivity index (χ1) is 8.61. The summed E-state index contributed by atoms with van der Waals surface area (Å²) in [6.07, 6.45) is 4.73. The molecular formula is C14H29N3O. The lowest BCUT2D eigenvalue weighted by molar-refractivity contribution is -0.120. The maximum absolute atomic E-state index is 11.7. The van der Waals surface area contributed by atoms with Crippen LogP contribution in [0.4, 0.5) is 0 Å². The van der Waals surface area contributed by atoms with E-state index in [-0.39, 0.29) is 5.91 Å². The van der Waals surface area contributed by atoms with E-state index in [1.165, 1.54) is 19.4 Å². The van der Waals surface area contributed by atoms with Crippen molar-refractivity contribution in [2.75, 3.05) is 33.2 Å². The molecule has 0 aromatic heterocycles. The second-order valence-electron chi connectivity index (χ2n) is 5.66. The van der Waals surface area contributed by atoms with Crippen molar-refractivity contribution < 1.29 is 4.79 Å². The second kappa shape index (κ2) is 8.48. The molecule has 0 spiro atoms. The molecular weight excluding hydrogens is 226 g/mol. The quantitative estimate of drug-likeness (QED) is 0.719. The molecule has 0 aromatic carbocycles. The fourth-order valence-electron chi connectivity index (χ4n) is 2.66. The lowest BCUT2D eigenvalue weighted by Gasteiger charge is -2.29. The van der Waals surface area contributed by atoms with Gasteiger partial charge in [0.2, 0.25) is 5.91 Å². The molecule has 1 amide bonds. The van der Waals surface area contributed by atoms with Crippen molar-refractivity contribution in [3.05, 3.63) is 0 Å². The lowest BCUT2D eigenvalue weighted by atomic mass is 9.98. The van der Waals surface area contributed by atoms with Crippen molar-refractivity contribution in [1.82, 2.24) is 15.5 Å². The maximum atomic E-state index is 11.7. The molecule has 1 aliphatic rings. The standard InChI is InChI=1S/C14H29N3O/c1-4-6-12(2)16-14(18)10-15-9-13-7-5-8-17(3)11-13/h12-13,15H,4-11H2,1-3H3,(H,16,18). The molecule has 1 rings (SSSR count). The fraction of sp³-hybridized carbons (Fsp3) is 0.929. The topological polar surface area (TPSA) is 44.4 Å². The van der Waals surface area contributed by atoms with Gasteiger partial charge >= 0.3 is 0 Å². The highest BCUT2D eigenvalue weighted by Crippen LogP contribution is 2.13. The van der Waals surface area contributed by atoms with Crippen molar-refractivity contribution in [1.29, 1.82) is 0 Å². The van der Waals surface area contributed by atoms with Gasteiger partial charge in [0.1, 0.15) is 0 Å². The third-order valence-corrected chi connectivity index (χ3v) is 3.57. The van der Waals surface area contributed by atoms with Crippen molar-refractivity contribution >= 4 is 5.91 Å². The Hall–Kier alpha value is -0.610. The molecule has 4 nitrogen and oxygen atoms in total. The minimum Gasteiger partial charge on any atom is -0.353 e. The molecule has 18 heavy (non-hydrogen) atoms. The van der Waals surface area contributed by atoms with E-state index in [9.17, 15) is 4.79 Å². The summed E-state index contributed by atoms with van der Waals surface area (Å²) in [7, 11) is 2.17. The van der Waals surface area contributed by atoms with Gasteiger partial charge in [0.15, 0.2) is 0 Å². The predicted octanol–water partition coefficient (Wildman–Crippen LogP) is 1.22. The number of likely N-dealkylation sites (tertiary alicyclic amines) is 1. The zero-order valence-corrected chi connectivity index (χ0v) is 12.2. The Bertz CT molecular complexity index is 245. The molecule has 1 heterocycles. The smallest absolute Gasteiger partial charge is 0.234 e. The van der Waals surface area contributed by atoms with Crippen LogP contribution < -0.4 is 10.6 Å². The number of hydrogen-bond acceptors (Lipinski definition) is 3. The van der Waals surface area contributed by atoms with E-state index in [0.717, 1.165) is 25.9 Å². The molecule has 1 aliphatic heterocycles. The van der Waals surface area contributed by atoms with Gasteiger partial charge in [-0.25, -0.2) is 0 Å².